The van der Waals surface area contributed by atoms with Crippen LogP contribution in [-0.4, -0.2) is 43.8 Å². The van der Waals surface area contributed by atoms with Crippen LogP contribution in [0.1, 0.15) is 25.7 Å². The van der Waals surface area contributed by atoms with Gasteiger partial charge in [-0.2, -0.15) is 0 Å². The molecule has 0 bridgehead atoms. The van der Waals surface area contributed by atoms with E-state index in [1.165, 1.54) is 45.3 Å². The van der Waals surface area contributed by atoms with Crippen molar-refractivity contribution in [1.82, 2.24) is 4.90 Å². The Labute approximate surface area is 86.6 Å². The third kappa shape index (κ3) is 2.69. The third-order valence-corrected chi connectivity index (χ3v) is 3.39. The van der Waals surface area contributed by atoms with E-state index in [-0.39, 0.29) is 0 Å². The Balaban J connectivity index is 1.47. The van der Waals surface area contributed by atoms with Crippen LogP contribution >= 0.6 is 0 Å². The van der Waals surface area contributed by atoms with E-state index in [0.29, 0.717) is 6.10 Å². The third-order valence-electron chi connectivity index (χ3n) is 3.39. The van der Waals surface area contributed by atoms with Crippen LogP contribution in [0.4, 0.5) is 0 Å². The number of hydrogen-bond acceptors (Lipinski definition) is 3. The van der Waals surface area contributed by atoms with Crippen LogP contribution in [0, 0.1) is 5.92 Å². The van der Waals surface area contributed by atoms with Gasteiger partial charge in [-0.05, 0) is 44.7 Å². The van der Waals surface area contributed by atoms with Crippen molar-refractivity contribution in [3.05, 3.63) is 0 Å². The molecule has 0 saturated carbocycles. The van der Waals surface area contributed by atoms with Crippen molar-refractivity contribution >= 4 is 0 Å². The summed E-state index contributed by atoms with van der Waals surface area (Å²) in [7, 11) is 0. The van der Waals surface area contributed by atoms with Crippen molar-refractivity contribution in [3.8, 4) is 0 Å². The first-order chi connectivity index (χ1) is 6.88. The van der Waals surface area contributed by atoms with E-state index in [4.69, 9.17) is 10.5 Å². The van der Waals surface area contributed by atoms with Crippen molar-refractivity contribution in [2.24, 2.45) is 11.7 Å². The zero-order valence-electron chi connectivity index (χ0n) is 8.95. The maximum Gasteiger partial charge on any atom is 0.0576 e. The van der Waals surface area contributed by atoms with Gasteiger partial charge in [-0.1, -0.05) is 0 Å². The zero-order valence-corrected chi connectivity index (χ0v) is 8.95. The topological polar surface area (TPSA) is 38.5 Å². The van der Waals surface area contributed by atoms with Crippen LogP contribution in [-0.2, 0) is 4.74 Å². The van der Waals surface area contributed by atoms with E-state index in [0.717, 1.165) is 19.1 Å². The van der Waals surface area contributed by atoms with E-state index in [9.17, 15) is 0 Å². The standard InChI is InChI=1S/C11H22N2O/c12-7-10-8-13(9-10)5-1-3-11-4-2-6-14-11/h10-11H,1-9,12H2. The molecule has 2 saturated heterocycles. The molecule has 0 radical (unpaired) electrons. The van der Waals surface area contributed by atoms with Gasteiger partial charge in [0.1, 0.15) is 0 Å². The fourth-order valence-corrected chi connectivity index (χ4v) is 2.42. The number of nitrogens with two attached hydrogens (primary N) is 1. The molecule has 0 aromatic carbocycles. The van der Waals surface area contributed by atoms with Crippen LogP contribution in [0.15, 0.2) is 0 Å². The summed E-state index contributed by atoms with van der Waals surface area (Å²) in [6.45, 7) is 5.55. The van der Waals surface area contributed by atoms with Gasteiger partial charge in [0.25, 0.3) is 0 Å². The zero-order chi connectivity index (χ0) is 9.80. The summed E-state index contributed by atoms with van der Waals surface area (Å²) in [4.78, 5) is 2.51. The highest BCUT2D eigenvalue weighted by molar-refractivity contribution is 4.80. The van der Waals surface area contributed by atoms with E-state index in [1.807, 2.05) is 0 Å². The second-order valence-electron chi connectivity index (χ2n) is 4.64. The minimum absolute atomic E-state index is 0.571. The predicted molar refractivity (Wildman–Crippen MR) is 57.2 cm³/mol. The SMILES string of the molecule is NCC1CN(CCCC2CCCO2)C1. The molecule has 2 aliphatic rings. The van der Waals surface area contributed by atoms with Gasteiger partial charge in [-0.15, -0.1) is 0 Å². The molecular formula is C11H22N2O. The second kappa shape index (κ2) is 5.10. The van der Waals surface area contributed by atoms with Crippen molar-refractivity contribution in [2.45, 2.75) is 31.8 Å². The van der Waals surface area contributed by atoms with Gasteiger partial charge in [0, 0.05) is 19.7 Å². The first kappa shape index (κ1) is 10.4. The number of hydrogen-bond donors (Lipinski definition) is 1. The maximum absolute atomic E-state index is 5.59. The van der Waals surface area contributed by atoms with Gasteiger partial charge >= 0.3 is 0 Å². The van der Waals surface area contributed by atoms with Gasteiger partial charge in [0.2, 0.25) is 0 Å². The Morgan fingerprint density at radius 2 is 2.21 bits per heavy atom. The molecule has 2 N–H and O–H groups in total. The van der Waals surface area contributed by atoms with E-state index in [1.54, 1.807) is 0 Å². The quantitative estimate of drug-likeness (QED) is 0.711. The number of nitrogens with zero attached hydrogens (tertiary/aromatic N) is 1. The summed E-state index contributed by atoms with van der Waals surface area (Å²) in [5, 5.41) is 0. The molecule has 1 unspecified atom stereocenters. The molecule has 3 heteroatoms. The highest BCUT2D eigenvalue weighted by atomic mass is 16.5. The lowest BCUT2D eigenvalue weighted by Crippen LogP contribution is -2.50. The smallest absolute Gasteiger partial charge is 0.0576 e. The van der Waals surface area contributed by atoms with Crippen LogP contribution in [0.25, 0.3) is 0 Å². The Morgan fingerprint density at radius 1 is 1.36 bits per heavy atom. The first-order valence-electron chi connectivity index (χ1n) is 5.92. The molecule has 2 aliphatic heterocycles. The van der Waals surface area contributed by atoms with Crippen LogP contribution in [0.2, 0.25) is 0 Å². The van der Waals surface area contributed by atoms with Gasteiger partial charge < -0.3 is 15.4 Å². The molecule has 0 aromatic heterocycles. The molecule has 0 spiro atoms. The Morgan fingerprint density at radius 3 is 2.86 bits per heavy atom. The molecule has 0 amide bonds. The molecule has 0 aliphatic carbocycles. The van der Waals surface area contributed by atoms with Crippen LogP contribution in [0.3, 0.4) is 0 Å². The summed E-state index contributed by atoms with van der Waals surface area (Å²) in [6, 6.07) is 0. The van der Waals surface area contributed by atoms with Crippen molar-refractivity contribution in [3.63, 3.8) is 0 Å². The highest BCUT2D eigenvalue weighted by Gasteiger charge is 2.24. The van der Waals surface area contributed by atoms with E-state index < -0.39 is 0 Å². The second-order valence-corrected chi connectivity index (χ2v) is 4.64. The number of rotatable bonds is 5. The lowest BCUT2D eigenvalue weighted by molar-refractivity contribution is 0.0788. The molecule has 1 atom stereocenters. The van der Waals surface area contributed by atoms with Crippen molar-refractivity contribution in [1.29, 1.82) is 0 Å². The molecule has 2 fully saturated rings. The summed E-state index contributed by atoms with van der Waals surface area (Å²) < 4.78 is 5.59. The normalized spacial score (nSPS) is 29.4. The van der Waals surface area contributed by atoms with Crippen molar-refractivity contribution in [2.75, 3.05) is 32.8 Å². The predicted octanol–water partition coefficient (Wildman–Crippen LogP) is 0.836. The van der Waals surface area contributed by atoms with Gasteiger partial charge in [-0.25, -0.2) is 0 Å². The summed E-state index contributed by atoms with van der Waals surface area (Å²) in [6.07, 6.45) is 5.67. The average molecular weight is 198 g/mol. The molecule has 2 rings (SSSR count). The molecule has 2 heterocycles. The summed E-state index contributed by atoms with van der Waals surface area (Å²) >= 11 is 0. The Hall–Kier alpha value is -0.120. The average Bonchev–Trinajstić information content (AvgIpc) is 2.61. The molecule has 0 aromatic rings. The fourth-order valence-electron chi connectivity index (χ4n) is 2.42. The van der Waals surface area contributed by atoms with E-state index in [2.05, 4.69) is 4.90 Å². The minimum Gasteiger partial charge on any atom is -0.378 e. The first-order valence-corrected chi connectivity index (χ1v) is 5.92. The fraction of sp³-hybridized carbons (Fsp3) is 1.00. The van der Waals surface area contributed by atoms with Gasteiger partial charge in [0.05, 0.1) is 6.10 Å². The summed E-state index contributed by atoms with van der Waals surface area (Å²) in [5.41, 5.74) is 5.58. The van der Waals surface area contributed by atoms with Gasteiger partial charge in [-0.3, -0.25) is 0 Å². The highest BCUT2D eigenvalue weighted by Crippen LogP contribution is 2.19. The molecular weight excluding hydrogens is 176 g/mol. The number of ether oxygens (including phenoxy) is 1. The molecule has 14 heavy (non-hydrogen) atoms. The summed E-state index contributed by atoms with van der Waals surface area (Å²) in [5.74, 6) is 0.776. The van der Waals surface area contributed by atoms with Crippen molar-refractivity contribution < 1.29 is 4.74 Å². The maximum atomic E-state index is 5.59. The Bertz CT molecular complexity index is 163. The molecule has 3 nitrogen and oxygen atoms in total. The van der Waals surface area contributed by atoms with Crippen LogP contribution < -0.4 is 5.73 Å². The largest absolute Gasteiger partial charge is 0.378 e. The monoisotopic (exact) mass is 198 g/mol. The lowest BCUT2D eigenvalue weighted by Gasteiger charge is -2.38. The molecule has 82 valence electrons. The Kier molecular flexibility index (Phi) is 3.79. The van der Waals surface area contributed by atoms with E-state index >= 15 is 0 Å². The lowest BCUT2D eigenvalue weighted by atomic mass is 10.00. The number of likely N-dealkylation sites (tertiary alicyclic amines) is 1. The van der Waals surface area contributed by atoms with Crippen LogP contribution in [0.5, 0.6) is 0 Å². The minimum atomic E-state index is 0.571. The van der Waals surface area contributed by atoms with Gasteiger partial charge in [0.15, 0.2) is 0 Å².